The fraction of sp³-hybridized carbons (Fsp3) is 0.100. The zero-order valence-electron chi connectivity index (χ0n) is 8.24. The van der Waals surface area contributed by atoms with Crippen LogP contribution in [0.1, 0.15) is 5.69 Å². The van der Waals surface area contributed by atoms with E-state index < -0.39 is 11.9 Å². The van der Waals surface area contributed by atoms with Crippen molar-refractivity contribution >= 4 is 22.6 Å². The Hall–Kier alpha value is -1.25. The van der Waals surface area contributed by atoms with Gasteiger partial charge in [-0.2, -0.15) is 13.2 Å². The molecule has 0 fully saturated rings. The molecule has 0 radical (unpaired) electrons. The number of rotatable bonds is 1. The molecule has 0 saturated heterocycles. The van der Waals surface area contributed by atoms with E-state index in [2.05, 4.69) is 15.0 Å². The Kier molecular flexibility index (Phi) is 3.27. The molecule has 0 aromatic carbocycles. The first kappa shape index (κ1) is 12.2. The number of alkyl halides is 3. The van der Waals surface area contributed by atoms with Crippen LogP contribution in [0.4, 0.5) is 13.2 Å². The van der Waals surface area contributed by atoms with Gasteiger partial charge in [-0.25, -0.2) is 9.97 Å². The van der Waals surface area contributed by atoms with Gasteiger partial charge in [0.15, 0.2) is 3.83 Å². The standard InChI is InChI=1S/C10H5F3IN3/c11-10(12,13)8-4-7(16-9(14)17-8)6-2-1-3-15-5-6/h1-5H. The fourth-order valence-electron chi connectivity index (χ4n) is 1.23. The Morgan fingerprint density at radius 3 is 2.53 bits per heavy atom. The number of pyridine rings is 1. The molecule has 0 unspecified atom stereocenters. The minimum atomic E-state index is -4.47. The molecule has 2 heterocycles. The summed E-state index contributed by atoms with van der Waals surface area (Å²) in [6.45, 7) is 0. The minimum Gasteiger partial charge on any atom is -0.264 e. The SMILES string of the molecule is FC(F)(F)c1cc(-c2cccnc2)nc(I)n1. The first-order valence-electron chi connectivity index (χ1n) is 4.49. The number of halogens is 4. The summed E-state index contributed by atoms with van der Waals surface area (Å²) >= 11 is 1.66. The molecule has 0 aliphatic carbocycles. The fourth-order valence-corrected chi connectivity index (χ4v) is 1.74. The van der Waals surface area contributed by atoms with Gasteiger partial charge in [0.1, 0.15) is 5.69 Å². The lowest BCUT2D eigenvalue weighted by atomic mass is 10.2. The molecule has 2 aromatic rings. The Morgan fingerprint density at radius 1 is 1.18 bits per heavy atom. The Morgan fingerprint density at radius 2 is 1.94 bits per heavy atom. The van der Waals surface area contributed by atoms with E-state index in [1.807, 2.05) is 0 Å². The van der Waals surface area contributed by atoms with E-state index in [-0.39, 0.29) is 9.53 Å². The first-order chi connectivity index (χ1) is 7.97. The van der Waals surface area contributed by atoms with Gasteiger partial charge in [0.05, 0.1) is 5.69 Å². The second-order valence-electron chi connectivity index (χ2n) is 3.15. The van der Waals surface area contributed by atoms with Crippen molar-refractivity contribution in [1.29, 1.82) is 0 Å². The van der Waals surface area contributed by atoms with Crippen molar-refractivity contribution in [3.05, 3.63) is 40.1 Å². The normalized spacial score (nSPS) is 11.5. The molecule has 0 aliphatic rings. The lowest BCUT2D eigenvalue weighted by Crippen LogP contribution is -2.10. The predicted octanol–water partition coefficient (Wildman–Crippen LogP) is 3.16. The summed E-state index contributed by atoms with van der Waals surface area (Å²) in [5.74, 6) is 0. The third-order valence-corrected chi connectivity index (χ3v) is 2.43. The molecule has 3 nitrogen and oxygen atoms in total. The van der Waals surface area contributed by atoms with Crippen molar-refractivity contribution in [1.82, 2.24) is 15.0 Å². The summed E-state index contributed by atoms with van der Waals surface area (Å²) in [6.07, 6.45) is -1.47. The number of nitrogens with zero attached hydrogens (tertiary/aromatic N) is 3. The highest BCUT2D eigenvalue weighted by molar-refractivity contribution is 14.1. The lowest BCUT2D eigenvalue weighted by molar-refractivity contribution is -0.141. The first-order valence-corrected chi connectivity index (χ1v) is 5.57. The maximum Gasteiger partial charge on any atom is 0.433 e. The Balaban J connectivity index is 2.54. The zero-order valence-corrected chi connectivity index (χ0v) is 10.4. The van der Waals surface area contributed by atoms with Crippen molar-refractivity contribution in [3.8, 4) is 11.3 Å². The topological polar surface area (TPSA) is 38.7 Å². The minimum absolute atomic E-state index is 0.0521. The van der Waals surface area contributed by atoms with Gasteiger partial charge in [0, 0.05) is 40.5 Å². The van der Waals surface area contributed by atoms with Crippen LogP contribution in [0.15, 0.2) is 30.6 Å². The average Bonchev–Trinajstić information content (AvgIpc) is 2.28. The van der Waals surface area contributed by atoms with Crippen LogP contribution in [-0.4, -0.2) is 15.0 Å². The van der Waals surface area contributed by atoms with Gasteiger partial charge in [-0.15, -0.1) is 0 Å². The van der Waals surface area contributed by atoms with Crippen molar-refractivity contribution in [2.45, 2.75) is 6.18 Å². The second kappa shape index (κ2) is 4.55. The molecule has 88 valence electrons. The summed E-state index contributed by atoms with van der Waals surface area (Å²) in [4.78, 5) is 11.2. The average molecular weight is 351 g/mol. The summed E-state index contributed by atoms with van der Waals surface area (Å²) in [7, 11) is 0. The van der Waals surface area contributed by atoms with Crippen LogP contribution in [0, 0.1) is 3.83 Å². The maximum atomic E-state index is 12.6. The van der Waals surface area contributed by atoms with Crippen LogP contribution in [-0.2, 0) is 6.18 Å². The van der Waals surface area contributed by atoms with Crippen LogP contribution in [0.2, 0.25) is 0 Å². The highest BCUT2D eigenvalue weighted by atomic mass is 127. The molecular formula is C10H5F3IN3. The zero-order chi connectivity index (χ0) is 12.5. The van der Waals surface area contributed by atoms with Crippen molar-refractivity contribution in [2.75, 3.05) is 0 Å². The summed E-state index contributed by atoms with van der Waals surface area (Å²) in [6, 6.07) is 4.20. The maximum absolute atomic E-state index is 12.6. The van der Waals surface area contributed by atoms with Crippen molar-refractivity contribution < 1.29 is 13.2 Å². The van der Waals surface area contributed by atoms with Crippen LogP contribution in [0.3, 0.4) is 0 Å². The number of aromatic nitrogens is 3. The van der Waals surface area contributed by atoms with E-state index in [9.17, 15) is 13.2 Å². The van der Waals surface area contributed by atoms with Gasteiger partial charge in [-0.05, 0) is 18.2 Å². The molecular weight excluding hydrogens is 346 g/mol. The number of hydrogen-bond acceptors (Lipinski definition) is 3. The summed E-state index contributed by atoms with van der Waals surface area (Å²) < 4.78 is 37.7. The smallest absolute Gasteiger partial charge is 0.264 e. The van der Waals surface area contributed by atoms with Crippen LogP contribution >= 0.6 is 22.6 Å². The molecule has 17 heavy (non-hydrogen) atoms. The Bertz CT molecular complexity index is 528. The molecule has 2 rings (SSSR count). The largest absolute Gasteiger partial charge is 0.433 e. The molecule has 0 atom stereocenters. The van der Waals surface area contributed by atoms with Gasteiger partial charge < -0.3 is 0 Å². The van der Waals surface area contributed by atoms with Gasteiger partial charge >= 0.3 is 6.18 Å². The van der Waals surface area contributed by atoms with E-state index in [4.69, 9.17) is 0 Å². The van der Waals surface area contributed by atoms with E-state index in [1.165, 1.54) is 6.20 Å². The van der Waals surface area contributed by atoms with Gasteiger partial charge in [-0.3, -0.25) is 4.98 Å². The third-order valence-electron chi connectivity index (χ3n) is 1.95. The Labute approximate surface area is 108 Å². The molecule has 2 aromatic heterocycles. The number of hydrogen-bond donors (Lipinski definition) is 0. The molecule has 0 amide bonds. The molecule has 0 saturated carbocycles. The van der Waals surface area contributed by atoms with Crippen molar-refractivity contribution in [3.63, 3.8) is 0 Å². The van der Waals surface area contributed by atoms with Crippen LogP contribution in [0.5, 0.6) is 0 Å². The summed E-state index contributed by atoms with van der Waals surface area (Å²) in [5, 5.41) is 0. The second-order valence-corrected chi connectivity index (χ2v) is 4.11. The summed E-state index contributed by atoms with van der Waals surface area (Å²) in [5.41, 5.74) is -0.209. The quantitative estimate of drug-likeness (QED) is 0.585. The van der Waals surface area contributed by atoms with E-state index in [0.717, 1.165) is 6.07 Å². The van der Waals surface area contributed by atoms with Gasteiger partial charge in [0.2, 0.25) is 0 Å². The van der Waals surface area contributed by atoms with Crippen LogP contribution in [0.25, 0.3) is 11.3 Å². The highest BCUT2D eigenvalue weighted by Crippen LogP contribution is 2.30. The molecule has 0 bridgehead atoms. The molecule has 7 heteroatoms. The van der Waals surface area contributed by atoms with Crippen LogP contribution < -0.4 is 0 Å². The van der Waals surface area contributed by atoms with Gasteiger partial charge in [-0.1, -0.05) is 0 Å². The predicted molar refractivity (Wildman–Crippen MR) is 63.0 cm³/mol. The van der Waals surface area contributed by atoms with Crippen molar-refractivity contribution in [2.24, 2.45) is 0 Å². The molecule has 0 aliphatic heterocycles. The van der Waals surface area contributed by atoms with E-state index >= 15 is 0 Å². The van der Waals surface area contributed by atoms with E-state index in [0.29, 0.717) is 5.56 Å². The third kappa shape index (κ3) is 2.90. The van der Waals surface area contributed by atoms with E-state index in [1.54, 1.807) is 40.9 Å². The highest BCUT2D eigenvalue weighted by Gasteiger charge is 2.33. The molecule has 0 N–H and O–H groups in total. The van der Waals surface area contributed by atoms with Gasteiger partial charge in [0.25, 0.3) is 0 Å². The monoisotopic (exact) mass is 351 g/mol. The lowest BCUT2D eigenvalue weighted by Gasteiger charge is -2.08. The molecule has 0 spiro atoms.